The van der Waals surface area contributed by atoms with Crippen LogP contribution in [0.2, 0.25) is 0 Å². The Morgan fingerprint density at radius 3 is 2.19 bits per heavy atom. The standard InChI is InChI=1S/C36H64N2O9/c1-8-12-13-20-23-35(46-25-26-47-35)24-21-18-16-14-15-17-19-22-29(45-27-41-7)31(39)36(34(40)44-11-4)33(43-10-3)37-30(28(5)6)32(38-36)42-9-2/h17,19,28-31,39H,8-16,18,20-27H2,1-7H3/b19-17+/t29-,30-,31+,36+/m1/s1. The average molecular weight is 669 g/mol. The topological polar surface area (TPSA) is 127 Å². The fourth-order valence-corrected chi connectivity index (χ4v) is 6.04. The van der Waals surface area contributed by atoms with Crippen molar-refractivity contribution in [2.45, 2.75) is 148 Å². The van der Waals surface area contributed by atoms with E-state index in [1.54, 1.807) is 13.8 Å². The van der Waals surface area contributed by atoms with Crippen molar-refractivity contribution in [2.75, 3.05) is 46.9 Å². The molecule has 0 spiro atoms. The van der Waals surface area contributed by atoms with Gasteiger partial charge in [0.05, 0.1) is 39.1 Å². The fraction of sp³-hybridized carbons (Fsp3) is 0.861. The molecule has 0 aromatic heterocycles. The van der Waals surface area contributed by atoms with Gasteiger partial charge in [-0.15, -0.1) is 0 Å². The van der Waals surface area contributed by atoms with Crippen molar-refractivity contribution in [3.05, 3.63) is 12.2 Å². The molecule has 1 N–H and O–H groups in total. The summed E-state index contributed by atoms with van der Waals surface area (Å²) in [6.07, 6.45) is 14.1. The summed E-state index contributed by atoms with van der Waals surface area (Å²) < 4.78 is 40.5. The van der Waals surface area contributed by atoms with E-state index in [4.69, 9.17) is 43.1 Å². The predicted octanol–water partition coefficient (Wildman–Crippen LogP) is 6.55. The molecule has 47 heavy (non-hydrogen) atoms. The number of allylic oxidation sites excluding steroid dienone is 1. The van der Waals surface area contributed by atoms with Crippen molar-refractivity contribution < 1.29 is 43.1 Å². The molecule has 1 fully saturated rings. The SMILES string of the molecule is CCCCCCC1(CCCCCC/C=C/C[C@@H](OCOC)[C@H](O)[C@]2(C(=O)OCC)N=C(OCC)[C@@H](C(C)C)N=C2OCC)OCCO1. The molecule has 0 unspecified atom stereocenters. The number of esters is 1. The molecule has 4 atom stereocenters. The molecule has 0 radical (unpaired) electrons. The van der Waals surface area contributed by atoms with E-state index in [2.05, 4.69) is 13.0 Å². The van der Waals surface area contributed by atoms with Crippen LogP contribution in [0.4, 0.5) is 0 Å². The van der Waals surface area contributed by atoms with Gasteiger partial charge >= 0.3 is 5.97 Å². The third kappa shape index (κ3) is 12.4. The van der Waals surface area contributed by atoms with Crippen LogP contribution in [-0.4, -0.2) is 99.4 Å². The predicted molar refractivity (Wildman–Crippen MR) is 184 cm³/mol. The van der Waals surface area contributed by atoms with E-state index in [0.29, 0.717) is 26.2 Å². The summed E-state index contributed by atoms with van der Waals surface area (Å²) in [6.45, 7) is 13.5. The Labute approximate surface area is 283 Å². The molecule has 1 saturated heterocycles. The van der Waals surface area contributed by atoms with Gasteiger partial charge < -0.3 is 38.3 Å². The van der Waals surface area contributed by atoms with Gasteiger partial charge in [-0.1, -0.05) is 65.0 Å². The number of hydrogen-bond donors (Lipinski definition) is 1. The molecule has 0 bridgehead atoms. The molecular weight excluding hydrogens is 604 g/mol. The normalized spacial score (nSPS) is 22.3. The van der Waals surface area contributed by atoms with E-state index in [1.165, 1.54) is 26.4 Å². The van der Waals surface area contributed by atoms with Gasteiger partial charge in [0.2, 0.25) is 11.8 Å². The van der Waals surface area contributed by atoms with Crippen LogP contribution < -0.4 is 0 Å². The minimum Gasteiger partial charge on any atom is -0.480 e. The lowest BCUT2D eigenvalue weighted by Crippen LogP contribution is -2.63. The molecule has 272 valence electrons. The summed E-state index contributed by atoms with van der Waals surface area (Å²) in [5, 5.41) is 11.9. The molecule has 0 aliphatic carbocycles. The third-order valence-corrected chi connectivity index (χ3v) is 8.53. The number of nitrogens with zero attached hydrogens (tertiary/aromatic N) is 2. The summed E-state index contributed by atoms with van der Waals surface area (Å²) >= 11 is 0. The third-order valence-electron chi connectivity index (χ3n) is 8.53. The number of rotatable bonds is 24. The van der Waals surface area contributed by atoms with Gasteiger partial charge in [0.15, 0.2) is 5.79 Å². The number of aliphatic imine (C=N–C) groups is 2. The number of aliphatic hydroxyl groups is 1. The Kier molecular flexibility index (Phi) is 19.7. The largest absolute Gasteiger partial charge is 0.480 e. The first-order valence-electron chi connectivity index (χ1n) is 18.1. The van der Waals surface area contributed by atoms with E-state index >= 15 is 0 Å². The van der Waals surface area contributed by atoms with Crippen LogP contribution >= 0.6 is 0 Å². The molecule has 2 aliphatic rings. The molecule has 0 aromatic carbocycles. The summed E-state index contributed by atoms with van der Waals surface area (Å²) in [7, 11) is 1.51. The zero-order valence-corrected chi connectivity index (χ0v) is 30.3. The Morgan fingerprint density at radius 2 is 1.60 bits per heavy atom. The summed E-state index contributed by atoms with van der Waals surface area (Å²) in [5.74, 6) is -0.879. The van der Waals surface area contributed by atoms with Gasteiger partial charge in [0.25, 0.3) is 5.54 Å². The number of aliphatic hydroxyl groups excluding tert-OH is 1. The van der Waals surface area contributed by atoms with Crippen LogP contribution in [0.3, 0.4) is 0 Å². The smallest absolute Gasteiger partial charge is 0.346 e. The van der Waals surface area contributed by atoms with Gasteiger partial charge in [-0.2, -0.15) is 0 Å². The lowest BCUT2D eigenvalue weighted by Gasteiger charge is -2.39. The lowest BCUT2D eigenvalue weighted by molar-refractivity contribution is -0.168. The summed E-state index contributed by atoms with van der Waals surface area (Å²) in [6, 6.07) is -0.473. The van der Waals surface area contributed by atoms with Crippen LogP contribution in [0.5, 0.6) is 0 Å². The molecule has 2 aliphatic heterocycles. The molecule has 0 amide bonds. The second-order valence-corrected chi connectivity index (χ2v) is 12.6. The van der Waals surface area contributed by atoms with Crippen LogP contribution in [0, 0.1) is 5.92 Å². The molecule has 0 aromatic rings. The average Bonchev–Trinajstić information content (AvgIpc) is 3.52. The lowest BCUT2D eigenvalue weighted by atomic mass is 9.85. The Hall–Kier alpha value is -2.05. The van der Waals surface area contributed by atoms with Gasteiger partial charge in [-0.3, -0.25) is 0 Å². The summed E-state index contributed by atoms with van der Waals surface area (Å²) in [4.78, 5) is 23.2. The molecule has 11 heteroatoms. The van der Waals surface area contributed by atoms with Crippen molar-refractivity contribution in [1.82, 2.24) is 0 Å². The van der Waals surface area contributed by atoms with E-state index in [0.717, 1.165) is 51.4 Å². The van der Waals surface area contributed by atoms with Gasteiger partial charge in [0.1, 0.15) is 18.9 Å². The highest BCUT2D eigenvalue weighted by molar-refractivity contribution is 6.12. The maximum atomic E-state index is 13.7. The van der Waals surface area contributed by atoms with E-state index in [1.807, 2.05) is 26.8 Å². The van der Waals surface area contributed by atoms with Crippen molar-refractivity contribution in [3.8, 4) is 0 Å². The van der Waals surface area contributed by atoms with E-state index < -0.39 is 29.8 Å². The van der Waals surface area contributed by atoms with Crippen LogP contribution in [-0.2, 0) is 38.0 Å². The zero-order valence-electron chi connectivity index (χ0n) is 30.3. The van der Waals surface area contributed by atoms with E-state index in [9.17, 15) is 9.90 Å². The summed E-state index contributed by atoms with van der Waals surface area (Å²) in [5.41, 5.74) is -1.99. The quantitative estimate of drug-likeness (QED) is 0.0528. The second kappa shape index (κ2) is 22.6. The maximum Gasteiger partial charge on any atom is 0.346 e. The fourth-order valence-electron chi connectivity index (χ4n) is 6.04. The molecule has 2 heterocycles. The van der Waals surface area contributed by atoms with Gasteiger partial charge in [-0.05, 0) is 58.8 Å². The maximum absolute atomic E-state index is 13.7. The number of unbranched alkanes of at least 4 members (excludes halogenated alkanes) is 7. The Morgan fingerprint density at radius 1 is 0.936 bits per heavy atom. The van der Waals surface area contributed by atoms with Gasteiger partial charge in [-0.25, -0.2) is 14.8 Å². The van der Waals surface area contributed by atoms with Crippen molar-refractivity contribution in [1.29, 1.82) is 0 Å². The van der Waals surface area contributed by atoms with Crippen LogP contribution in [0.1, 0.15) is 119 Å². The Bertz CT molecular complexity index is 964. The molecule has 11 nitrogen and oxygen atoms in total. The number of methoxy groups -OCH3 is 1. The highest BCUT2D eigenvalue weighted by Gasteiger charge is 2.59. The zero-order chi connectivity index (χ0) is 34.5. The number of ether oxygens (including phenoxy) is 7. The monoisotopic (exact) mass is 668 g/mol. The number of hydrogen-bond acceptors (Lipinski definition) is 11. The highest BCUT2D eigenvalue weighted by Crippen LogP contribution is 2.34. The van der Waals surface area contributed by atoms with Crippen molar-refractivity contribution in [2.24, 2.45) is 15.9 Å². The first kappa shape index (κ1) is 41.1. The van der Waals surface area contributed by atoms with Crippen molar-refractivity contribution in [3.63, 3.8) is 0 Å². The first-order chi connectivity index (χ1) is 22.7. The number of carbonyl (C=O) groups excluding carboxylic acids is 1. The Balaban J connectivity index is 2.07. The minimum absolute atomic E-state index is 0.000701. The first-order valence-corrected chi connectivity index (χ1v) is 18.1. The van der Waals surface area contributed by atoms with Crippen LogP contribution in [0.25, 0.3) is 0 Å². The number of carbonyl (C=O) groups is 1. The van der Waals surface area contributed by atoms with Gasteiger partial charge in [0, 0.05) is 20.0 Å². The molecular formula is C36H64N2O9. The van der Waals surface area contributed by atoms with E-state index in [-0.39, 0.29) is 43.5 Å². The molecule has 0 saturated carbocycles. The van der Waals surface area contributed by atoms with Crippen LogP contribution in [0.15, 0.2) is 22.1 Å². The minimum atomic E-state index is -1.99. The second-order valence-electron chi connectivity index (χ2n) is 12.6. The highest BCUT2D eigenvalue weighted by atomic mass is 16.7. The van der Waals surface area contributed by atoms with Crippen molar-refractivity contribution >= 4 is 17.8 Å². The molecule has 2 rings (SSSR count).